The van der Waals surface area contributed by atoms with Crippen LogP contribution in [0.25, 0.3) is 5.82 Å². The first kappa shape index (κ1) is 20.2. The second-order valence-electron chi connectivity index (χ2n) is 6.24. The van der Waals surface area contributed by atoms with Crippen LogP contribution in [0.1, 0.15) is 31.2 Å². The molecular formula is C19H12BrClFN5O3. The van der Waals surface area contributed by atoms with Gasteiger partial charge >= 0.3 is 0 Å². The Morgan fingerprint density at radius 2 is 1.93 bits per heavy atom. The number of amides is 3. The van der Waals surface area contributed by atoms with Crippen molar-refractivity contribution in [3.05, 3.63) is 69.0 Å². The topological polar surface area (TPSA) is 97.2 Å². The van der Waals surface area contributed by atoms with Gasteiger partial charge in [0.1, 0.15) is 17.0 Å². The maximum absolute atomic E-state index is 12.9. The number of fused-ring (bicyclic) bond motifs is 1. The molecule has 0 atom stereocenters. The van der Waals surface area contributed by atoms with E-state index in [-0.39, 0.29) is 34.9 Å². The SMILES string of the molecule is O=C(Nc1ccc2c(c1)C(=O)N(CCF)C2=O)c1cc(Br)nn1-c1ncccc1Cl. The summed E-state index contributed by atoms with van der Waals surface area (Å²) >= 11 is 9.40. The van der Waals surface area contributed by atoms with Gasteiger partial charge in [0.25, 0.3) is 17.7 Å². The molecule has 3 heterocycles. The Morgan fingerprint density at radius 1 is 1.17 bits per heavy atom. The summed E-state index contributed by atoms with van der Waals surface area (Å²) in [6.07, 6.45) is 1.52. The van der Waals surface area contributed by atoms with Crippen LogP contribution in [0.4, 0.5) is 10.1 Å². The predicted octanol–water partition coefficient (Wildman–Crippen LogP) is 3.50. The molecule has 1 aromatic carbocycles. The summed E-state index contributed by atoms with van der Waals surface area (Å²) in [7, 11) is 0. The number of benzene rings is 1. The maximum atomic E-state index is 12.9. The highest BCUT2D eigenvalue weighted by Gasteiger charge is 2.35. The first-order chi connectivity index (χ1) is 14.4. The normalized spacial score (nSPS) is 13.0. The highest BCUT2D eigenvalue weighted by molar-refractivity contribution is 9.10. The Morgan fingerprint density at radius 3 is 2.67 bits per heavy atom. The number of nitrogens with zero attached hydrogens (tertiary/aromatic N) is 4. The molecule has 11 heteroatoms. The minimum Gasteiger partial charge on any atom is -0.321 e. The van der Waals surface area contributed by atoms with Crippen molar-refractivity contribution in [2.75, 3.05) is 18.5 Å². The van der Waals surface area contributed by atoms with Crippen molar-refractivity contribution in [2.45, 2.75) is 0 Å². The van der Waals surface area contributed by atoms with Gasteiger partial charge in [0, 0.05) is 18.0 Å². The average Bonchev–Trinajstić information content (AvgIpc) is 3.22. The van der Waals surface area contributed by atoms with Crippen molar-refractivity contribution in [3.8, 4) is 5.82 Å². The number of imide groups is 1. The Labute approximate surface area is 182 Å². The predicted molar refractivity (Wildman–Crippen MR) is 110 cm³/mol. The zero-order chi connectivity index (χ0) is 21.4. The number of hydrogen-bond donors (Lipinski definition) is 1. The lowest BCUT2D eigenvalue weighted by molar-refractivity contribution is 0.0644. The number of nitrogens with one attached hydrogen (secondary N) is 1. The fraction of sp³-hybridized carbons (Fsp3) is 0.105. The van der Waals surface area contributed by atoms with Crippen LogP contribution in [0.5, 0.6) is 0 Å². The molecular weight excluding hydrogens is 481 g/mol. The van der Waals surface area contributed by atoms with Gasteiger partial charge in [-0.3, -0.25) is 19.3 Å². The molecule has 152 valence electrons. The summed E-state index contributed by atoms with van der Waals surface area (Å²) < 4.78 is 14.3. The van der Waals surface area contributed by atoms with Gasteiger partial charge in [0.15, 0.2) is 5.82 Å². The zero-order valence-corrected chi connectivity index (χ0v) is 17.4. The summed E-state index contributed by atoms with van der Waals surface area (Å²) in [5.74, 6) is -1.42. The Bertz CT molecular complexity index is 1200. The number of alkyl halides is 1. The average molecular weight is 493 g/mol. The van der Waals surface area contributed by atoms with Crippen molar-refractivity contribution in [1.29, 1.82) is 0 Å². The fourth-order valence-corrected chi connectivity index (χ4v) is 3.64. The first-order valence-corrected chi connectivity index (χ1v) is 9.82. The lowest BCUT2D eigenvalue weighted by Gasteiger charge is -2.10. The minimum atomic E-state index is -0.829. The van der Waals surface area contributed by atoms with Crippen molar-refractivity contribution in [3.63, 3.8) is 0 Å². The number of carbonyl (C=O) groups excluding carboxylic acids is 3. The van der Waals surface area contributed by atoms with Crippen LogP contribution in [-0.4, -0.2) is 50.6 Å². The summed E-state index contributed by atoms with van der Waals surface area (Å²) in [6, 6.07) is 9.06. The van der Waals surface area contributed by atoms with Crippen LogP contribution in [0.3, 0.4) is 0 Å². The molecule has 0 fully saturated rings. The molecule has 0 aliphatic carbocycles. The lowest BCUT2D eigenvalue weighted by atomic mass is 10.1. The number of rotatable bonds is 5. The van der Waals surface area contributed by atoms with Gasteiger partial charge in [0.2, 0.25) is 0 Å². The largest absolute Gasteiger partial charge is 0.321 e. The van der Waals surface area contributed by atoms with Gasteiger partial charge in [-0.1, -0.05) is 11.6 Å². The number of anilines is 1. The second kappa shape index (κ2) is 7.96. The fourth-order valence-electron chi connectivity index (χ4n) is 3.06. The van der Waals surface area contributed by atoms with Gasteiger partial charge in [-0.15, -0.1) is 0 Å². The zero-order valence-electron chi connectivity index (χ0n) is 15.1. The molecule has 1 N–H and O–H groups in total. The van der Waals surface area contributed by atoms with E-state index in [1.807, 2.05) is 0 Å². The van der Waals surface area contributed by atoms with Gasteiger partial charge in [0.05, 0.1) is 22.7 Å². The number of pyridine rings is 1. The van der Waals surface area contributed by atoms with Crippen LogP contribution in [0.15, 0.2) is 47.2 Å². The quantitative estimate of drug-likeness (QED) is 0.550. The molecule has 3 amide bonds. The maximum Gasteiger partial charge on any atom is 0.274 e. The minimum absolute atomic E-state index is 0.105. The Hall–Kier alpha value is -3.11. The van der Waals surface area contributed by atoms with Crippen LogP contribution in [0.2, 0.25) is 5.02 Å². The molecule has 0 unspecified atom stereocenters. The van der Waals surface area contributed by atoms with E-state index in [4.69, 9.17) is 11.6 Å². The summed E-state index contributed by atoms with van der Waals surface area (Å²) in [6.45, 7) is -1.14. The molecule has 0 saturated carbocycles. The van der Waals surface area contributed by atoms with Gasteiger partial charge in [-0.2, -0.15) is 5.10 Å². The standard InChI is InChI=1S/C19H12BrClFN5O3/c20-15-9-14(27(25-15)16-13(21)2-1-6-23-16)17(28)24-10-3-4-11-12(8-10)19(30)26(7-5-22)18(11)29/h1-4,6,8-9H,5,7H2,(H,24,28). The number of carbonyl (C=O) groups is 3. The molecule has 1 aliphatic rings. The smallest absolute Gasteiger partial charge is 0.274 e. The van der Waals surface area contributed by atoms with Crippen molar-refractivity contribution < 1.29 is 18.8 Å². The second-order valence-corrected chi connectivity index (χ2v) is 7.46. The van der Waals surface area contributed by atoms with Gasteiger partial charge < -0.3 is 5.32 Å². The number of hydrogen-bond acceptors (Lipinski definition) is 5. The third-order valence-electron chi connectivity index (χ3n) is 4.39. The Kier molecular flexibility index (Phi) is 5.35. The van der Waals surface area contributed by atoms with Crippen LogP contribution < -0.4 is 5.32 Å². The number of halogens is 3. The lowest BCUT2D eigenvalue weighted by Crippen LogP contribution is -2.31. The molecule has 0 saturated heterocycles. The molecule has 3 aromatic rings. The van der Waals surface area contributed by atoms with Gasteiger partial charge in [-0.25, -0.2) is 14.1 Å². The molecule has 4 rings (SSSR count). The van der Waals surface area contributed by atoms with Crippen molar-refractivity contribution in [2.24, 2.45) is 0 Å². The molecule has 0 radical (unpaired) electrons. The summed E-state index contributed by atoms with van der Waals surface area (Å²) in [4.78, 5) is 42.4. The summed E-state index contributed by atoms with van der Waals surface area (Å²) in [5, 5.41) is 7.17. The van der Waals surface area contributed by atoms with Crippen molar-refractivity contribution in [1.82, 2.24) is 19.7 Å². The van der Waals surface area contributed by atoms with E-state index in [2.05, 4.69) is 31.3 Å². The van der Waals surface area contributed by atoms with Crippen molar-refractivity contribution >= 4 is 50.9 Å². The molecule has 8 nitrogen and oxygen atoms in total. The van der Waals surface area contributed by atoms with E-state index in [0.717, 1.165) is 4.90 Å². The van der Waals surface area contributed by atoms with E-state index in [9.17, 15) is 18.8 Å². The first-order valence-electron chi connectivity index (χ1n) is 8.64. The van der Waals surface area contributed by atoms with Gasteiger partial charge in [-0.05, 0) is 46.3 Å². The molecule has 1 aliphatic heterocycles. The van der Waals surface area contributed by atoms with Crippen LogP contribution in [-0.2, 0) is 0 Å². The highest BCUT2D eigenvalue weighted by atomic mass is 79.9. The van der Waals surface area contributed by atoms with E-state index < -0.39 is 24.4 Å². The number of aromatic nitrogens is 3. The third-order valence-corrected chi connectivity index (χ3v) is 5.07. The van der Waals surface area contributed by atoms with E-state index in [1.54, 1.807) is 12.1 Å². The van der Waals surface area contributed by atoms with E-state index in [0.29, 0.717) is 9.63 Å². The highest BCUT2D eigenvalue weighted by Crippen LogP contribution is 2.27. The monoisotopic (exact) mass is 491 g/mol. The molecule has 2 aromatic heterocycles. The molecule has 0 bridgehead atoms. The van der Waals surface area contributed by atoms with Crippen LogP contribution >= 0.6 is 27.5 Å². The Balaban J connectivity index is 1.64. The molecule has 0 spiro atoms. The van der Waals surface area contributed by atoms with Crippen LogP contribution in [0, 0.1) is 0 Å². The summed E-state index contributed by atoms with van der Waals surface area (Å²) in [5.41, 5.74) is 0.704. The van der Waals surface area contributed by atoms with E-state index >= 15 is 0 Å². The van der Waals surface area contributed by atoms with E-state index in [1.165, 1.54) is 35.1 Å². The third kappa shape index (κ3) is 3.48. The molecule has 30 heavy (non-hydrogen) atoms.